The molecule has 1 amide bonds. The third-order valence-corrected chi connectivity index (χ3v) is 3.15. The van der Waals surface area contributed by atoms with Gasteiger partial charge < -0.3 is 9.47 Å². The van der Waals surface area contributed by atoms with Gasteiger partial charge in [0, 0.05) is 11.8 Å². The minimum absolute atomic E-state index is 0.420. The summed E-state index contributed by atoms with van der Waals surface area (Å²) < 4.78 is 11.2. The number of carbonyl (C=O) groups excluding carboxylic acids is 1. The Labute approximate surface area is 135 Å². The zero-order valence-electron chi connectivity index (χ0n) is 13.3. The van der Waals surface area contributed by atoms with Crippen LogP contribution in [-0.4, -0.2) is 16.7 Å². The van der Waals surface area contributed by atoms with Gasteiger partial charge in [0.15, 0.2) is 11.6 Å². The molecule has 0 bridgehead atoms. The van der Waals surface area contributed by atoms with Crippen molar-refractivity contribution >= 4 is 17.6 Å². The summed E-state index contributed by atoms with van der Waals surface area (Å²) in [6.07, 6.45) is 2.67. The van der Waals surface area contributed by atoms with E-state index < -0.39 is 11.7 Å². The second kappa shape index (κ2) is 5.76. The van der Waals surface area contributed by atoms with Crippen molar-refractivity contribution in [3.05, 3.63) is 60.5 Å². The lowest BCUT2D eigenvalue weighted by atomic mass is 10.1. The topological polar surface area (TPSA) is 51.7 Å². The highest BCUT2D eigenvalue weighted by molar-refractivity contribution is 6.03. The molecule has 0 fully saturated rings. The molecule has 0 radical (unpaired) electrons. The van der Waals surface area contributed by atoms with Gasteiger partial charge in [0.25, 0.3) is 0 Å². The SMILES string of the molecule is CC(C)(C)OC(=O)N1C(c2ccccc2)=COc2cccnc21. The molecular weight excluding hydrogens is 292 g/mol. The van der Waals surface area contributed by atoms with Crippen LogP contribution in [0, 0.1) is 0 Å². The molecule has 2 heterocycles. The summed E-state index contributed by atoms with van der Waals surface area (Å²) in [6, 6.07) is 13.0. The number of nitrogens with zero attached hydrogens (tertiary/aromatic N) is 2. The van der Waals surface area contributed by atoms with Crippen molar-refractivity contribution < 1.29 is 14.3 Å². The van der Waals surface area contributed by atoms with Gasteiger partial charge in [-0.15, -0.1) is 0 Å². The highest BCUT2D eigenvalue weighted by Gasteiger charge is 2.32. The van der Waals surface area contributed by atoms with Crippen LogP contribution in [0.5, 0.6) is 5.75 Å². The van der Waals surface area contributed by atoms with Gasteiger partial charge in [-0.2, -0.15) is 0 Å². The van der Waals surface area contributed by atoms with E-state index in [9.17, 15) is 4.79 Å². The molecule has 1 aromatic carbocycles. The molecule has 0 spiro atoms. The Kier molecular flexibility index (Phi) is 3.78. The fourth-order valence-corrected chi connectivity index (χ4v) is 2.23. The number of benzene rings is 1. The van der Waals surface area contributed by atoms with E-state index in [1.54, 1.807) is 24.6 Å². The van der Waals surface area contributed by atoms with E-state index in [-0.39, 0.29) is 0 Å². The monoisotopic (exact) mass is 310 g/mol. The summed E-state index contributed by atoms with van der Waals surface area (Å²) in [6.45, 7) is 5.49. The van der Waals surface area contributed by atoms with Crippen LogP contribution in [0.3, 0.4) is 0 Å². The van der Waals surface area contributed by atoms with Crippen LogP contribution in [0.4, 0.5) is 10.6 Å². The van der Waals surface area contributed by atoms with Crippen molar-refractivity contribution in [2.45, 2.75) is 26.4 Å². The van der Waals surface area contributed by atoms with E-state index in [4.69, 9.17) is 9.47 Å². The van der Waals surface area contributed by atoms with E-state index in [2.05, 4.69) is 4.98 Å². The molecule has 5 nitrogen and oxygen atoms in total. The van der Waals surface area contributed by atoms with Crippen molar-refractivity contribution in [2.75, 3.05) is 4.90 Å². The molecule has 0 saturated heterocycles. The number of anilines is 1. The maximum atomic E-state index is 12.7. The van der Waals surface area contributed by atoms with Gasteiger partial charge in [0.1, 0.15) is 11.9 Å². The van der Waals surface area contributed by atoms with Gasteiger partial charge in [-0.3, -0.25) is 0 Å². The zero-order valence-corrected chi connectivity index (χ0v) is 13.3. The fraction of sp³-hybridized carbons (Fsp3) is 0.222. The molecule has 23 heavy (non-hydrogen) atoms. The first-order chi connectivity index (χ1) is 11.0. The maximum Gasteiger partial charge on any atom is 0.420 e. The summed E-state index contributed by atoms with van der Waals surface area (Å²) in [5.41, 5.74) is 0.826. The van der Waals surface area contributed by atoms with Crippen LogP contribution in [-0.2, 0) is 4.74 Å². The highest BCUT2D eigenvalue weighted by atomic mass is 16.6. The second-order valence-corrected chi connectivity index (χ2v) is 6.13. The van der Waals surface area contributed by atoms with E-state index >= 15 is 0 Å². The maximum absolute atomic E-state index is 12.7. The lowest BCUT2D eigenvalue weighted by Gasteiger charge is -2.31. The number of pyridine rings is 1. The van der Waals surface area contributed by atoms with Crippen molar-refractivity contribution in [2.24, 2.45) is 0 Å². The Morgan fingerprint density at radius 2 is 1.87 bits per heavy atom. The van der Waals surface area contributed by atoms with Gasteiger partial charge in [0.05, 0.1) is 5.70 Å². The Hall–Kier alpha value is -2.82. The molecule has 1 aliphatic heterocycles. The molecule has 3 rings (SSSR count). The van der Waals surface area contributed by atoms with Crippen molar-refractivity contribution in [1.82, 2.24) is 4.98 Å². The molecule has 1 aromatic heterocycles. The smallest absolute Gasteiger partial charge is 0.420 e. The number of carbonyl (C=O) groups is 1. The van der Waals surface area contributed by atoms with Gasteiger partial charge in [-0.1, -0.05) is 30.3 Å². The lowest BCUT2D eigenvalue weighted by molar-refractivity contribution is 0.0597. The number of rotatable bonds is 1. The number of hydrogen-bond donors (Lipinski definition) is 0. The van der Waals surface area contributed by atoms with Crippen LogP contribution >= 0.6 is 0 Å². The summed E-state index contributed by atoms with van der Waals surface area (Å²) in [5.74, 6) is 0.932. The number of aromatic nitrogens is 1. The molecule has 0 atom stereocenters. The molecule has 0 saturated carbocycles. The standard InChI is InChI=1S/C18H18N2O3/c1-18(2,3)23-17(21)20-14(13-8-5-4-6-9-13)12-22-15-10-7-11-19-16(15)20/h4-12H,1-3H3. The minimum Gasteiger partial charge on any atom is -0.459 e. The molecule has 1 aliphatic rings. The molecule has 0 N–H and O–H groups in total. The zero-order chi connectivity index (χ0) is 16.4. The van der Waals surface area contributed by atoms with Crippen molar-refractivity contribution in [3.63, 3.8) is 0 Å². The highest BCUT2D eigenvalue weighted by Crippen LogP contribution is 2.37. The van der Waals surface area contributed by atoms with Gasteiger partial charge >= 0.3 is 6.09 Å². The number of ether oxygens (including phenoxy) is 2. The van der Waals surface area contributed by atoms with E-state index in [0.717, 1.165) is 5.56 Å². The summed E-state index contributed by atoms with van der Waals surface area (Å²) in [5, 5.41) is 0. The van der Waals surface area contributed by atoms with Gasteiger partial charge in [0.2, 0.25) is 0 Å². The molecule has 0 aliphatic carbocycles. The summed E-state index contributed by atoms with van der Waals surface area (Å²) >= 11 is 0. The van der Waals surface area contributed by atoms with Crippen LogP contribution < -0.4 is 9.64 Å². The van der Waals surface area contributed by atoms with Crippen LogP contribution in [0.2, 0.25) is 0 Å². The van der Waals surface area contributed by atoms with Crippen LogP contribution in [0.15, 0.2) is 54.9 Å². The number of hydrogen-bond acceptors (Lipinski definition) is 4. The predicted molar refractivity (Wildman–Crippen MR) is 88.0 cm³/mol. The Morgan fingerprint density at radius 3 is 2.57 bits per heavy atom. The average Bonchev–Trinajstić information content (AvgIpc) is 2.53. The molecule has 0 unspecified atom stereocenters. The largest absolute Gasteiger partial charge is 0.459 e. The lowest BCUT2D eigenvalue weighted by Crippen LogP contribution is -2.37. The van der Waals surface area contributed by atoms with Gasteiger partial charge in [-0.25, -0.2) is 14.7 Å². The Bertz CT molecular complexity index is 748. The molecule has 5 heteroatoms. The molecular formula is C18H18N2O3. The first kappa shape index (κ1) is 15.1. The average molecular weight is 310 g/mol. The Morgan fingerprint density at radius 1 is 1.13 bits per heavy atom. The quantitative estimate of drug-likeness (QED) is 0.791. The first-order valence-corrected chi connectivity index (χ1v) is 7.36. The fourth-order valence-electron chi connectivity index (χ4n) is 2.23. The number of fused-ring (bicyclic) bond motifs is 1. The van der Waals surface area contributed by atoms with Gasteiger partial charge in [-0.05, 0) is 32.9 Å². The van der Waals surface area contributed by atoms with Crippen LogP contribution in [0.1, 0.15) is 26.3 Å². The van der Waals surface area contributed by atoms with Crippen molar-refractivity contribution in [1.29, 1.82) is 0 Å². The number of amides is 1. The normalized spacial score (nSPS) is 13.7. The molecule has 2 aromatic rings. The van der Waals surface area contributed by atoms with E-state index in [1.807, 2.05) is 51.1 Å². The van der Waals surface area contributed by atoms with E-state index in [1.165, 1.54) is 4.90 Å². The first-order valence-electron chi connectivity index (χ1n) is 7.36. The van der Waals surface area contributed by atoms with Crippen LogP contribution in [0.25, 0.3) is 5.70 Å². The summed E-state index contributed by atoms with van der Waals surface area (Å²) in [4.78, 5) is 18.5. The molecule has 118 valence electrons. The van der Waals surface area contributed by atoms with E-state index in [0.29, 0.717) is 17.3 Å². The summed E-state index contributed by atoms with van der Waals surface area (Å²) in [7, 11) is 0. The third-order valence-electron chi connectivity index (χ3n) is 3.15. The van der Waals surface area contributed by atoms with Crippen molar-refractivity contribution in [3.8, 4) is 5.75 Å². The minimum atomic E-state index is -0.605. The second-order valence-electron chi connectivity index (χ2n) is 6.13. The predicted octanol–water partition coefficient (Wildman–Crippen LogP) is 4.21. The third kappa shape index (κ3) is 3.18. The Balaban J connectivity index is 2.05.